The van der Waals surface area contributed by atoms with Crippen molar-refractivity contribution in [2.45, 2.75) is 13.0 Å². The Kier molecular flexibility index (Phi) is 6.52. The molecule has 1 atom stereocenters. The van der Waals surface area contributed by atoms with Crippen LogP contribution in [0.1, 0.15) is 17.4 Å². The van der Waals surface area contributed by atoms with Gasteiger partial charge in [-0.15, -0.1) is 0 Å². The van der Waals surface area contributed by atoms with Gasteiger partial charge < -0.3 is 20.0 Å². The van der Waals surface area contributed by atoms with Gasteiger partial charge in [0.15, 0.2) is 0 Å². The Bertz CT molecular complexity index is 983. The van der Waals surface area contributed by atoms with Crippen LogP contribution >= 0.6 is 0 Å². The number of nitrogens with zero attached hydrogens (tertiary/aromatic N) is 2. The molecule has 1 aromatic heterocycles. The van der Waals surface area contributed by atoms with E-state index < -0.39 is 0 Å². The molecule has 3 aromatic rings. The molecule has 4 rings (SSSR count). The third kappa shape index (κ3) is 5.24. The first-order valence-corrected chi connectivity index (χ1v) is 10.5. The molecule has 1 unspecified atom stereocenters. The summed E-state index contributed by atoms with van der Waals surface area (Å²) in [5.41, 5.74) is 2.82. The molecular formula is C24H27FN4O2. The van der Waals surface area contributed by atoms with Crippen molar-refractivity contribution in [1.29, 1.82) is 0 Å². The highest BCUT2D eigenvalue weighted by atomic mass is 19.1. The van der Waals surface area contributed by atoms with Crippen LogP contribution in [0.3, 0.4) is 0 Å². The molecule has 31 heavy (non-hydrogen) atoms. The smallest absolute Gasteiger partial charge is 0.319 e. The number of nitrogens with one attached hydrogen (secondary N) is 2. The van der Waals surface area contributed by atoms with Crippen LogP contribution in [0.25, 0.3) is 0 Å². The van der Waals surface area contributed by atoms with Crippen molar-refractivity contribution in [1.82, 2.24) is 10.2 Å². The second kappa shape index (κ2) is 9.66. The highest BCUT2D eigenvalue weighted by Crippen LogP contribution is 2.24. The van der Waals surface area contributed by atoms with E-state index >= 15 is 0 Å². The summed E-state index contributed by atoms with van der Waals surface area (Å²) < 4.78 is 18.9. The van der Waals surface area contributed by atoms with E-state index in [1.54, 1.807) is 6.26 Å². The minimum absolute atomic E-state index is 0.0620. The fourth-order valence-electron chi connectivity index (χ4n) is 3.90. The van der Waals surface area contributed by atoms with E-state index in [9.17, 15) is 9.18 Å². The van der Waals surface area contributed by atoms with Crippen LogP contribution in [0.5, 0.6) is 0 Å². The number of hydrogen-bond acceptors (Lipinski definition) is 4. The summed E-state index contributed by atoms with van der Waals surface area (Å²) in [7, 11) is 0. The monoisotopic (exact) mass is 422 g/mol. The van der Waals surface area contributed by atoms with Crippen molar-refractivity contribution in [2.75, 3.05) is 42.9 Å². The zero-order valence-electron chi connectivity index (χ0n) is 17.6. The quantitative estimate of drug-likeness (QED) is 0.618. The number of urea groups is 1. The van der Waals surface area contributed by atoms with Crippen LogP contribution < -0.4 is 15.5 Å². The number of hydrogen-bond donors (Lipinski definition) is 2. The van der Waals surface area contributed by atoms with Gasteiger partial charge in [0.1, 0.15) is 11.6 Å². The number of aryl methyl sites for hydroxylation is 1. The van der Waals surface area contributed by atoms with Crippen LogP contribution in [0.4, 0.5) is 20.6 Å². The number of rotatable bonds is 6. The molecule has 0 spiro atoms. The zero-order valence-corrected chi connectivity index (χ0v) is 17.6. The molecule has 0 radical (unpaired) electrons. The van der Waals surface area contributed by atoms with E-state index in [0.717, 1.165) is 48.9 Å². The van der Waals surface area contributed by atoms with Gasteiger partial charge in [-0.1, -0.05) is 18.2 Å². The minimum atomic E-state index is -0.240. The zero-order chi connectivity index (χ0) is 21.6. The van der Waals surface area contributed by atoms with E-state index in [0.29, 0.717) is 6.54 Å². The van der Waals surface area contributed by atoms with Gasteiger partial charge in [-0.25, -0.2) is 9.18 Å². The molecule has 1 fully saturated rings. The van der Waals surface area contributed by atoms with Gasteiger partial charge in [0, 0.05) is 44.1 Å². The lowest BCUT2D eigenvalue weighted by Gasteiger charge is -2.39. The van der Waals surface area contributed by atoms with Crippen molar-refractivity contribution >= 4 is 17.4 Å². The molecule has 0 saturated carbocycles. The summed E-state index contributed by atoms with van der Waals surface area (Å²) in [5.74, 6) is 0.599. The second-order valence-corrected chi connectivity index (χ2v) is 7.68. The van der Waals surface area contributed by atoms with E-state index in [2.05, 4.69) is 20.4 Å². The first-order chi connectivity index (χ1) is 15.1. The van der Waals surface area contributed by atoms with Crippen molar-refractivity contribution in [3.05, 3.63) is 84.1 Å². The molecule has 1 saturated heterocycles. The summed E-state index contributed by atoms with van der Waals surface area (Å²) in [5, 5.41) is 5.90. The Morgan fingerprint density at radius 2 is 1.77 bits per heavy atom. The van der Waals surface area contributed by atoms with E-state index in [-0.39, 0.29) is 17.9 Å². The number of carbonyl (C=O) groups excluding carboxylic acids is 1. The maximum absolute atomic E-state index is 13.2. The van der Waals surface area contributed by atoms with Gasteiger partial charge >= 0.3 is 6.03 Å². The fourth-order valence-corrected chi connectivity index (χ4v) is 3.90. The number of anilines is 2. The molecule has 1 aliphatic heterocycles. The number of furan rings is 1. The first-order valence-electron chi connectivity index (χ1n) is 10.5. The van der Waals surface area contributed by atoms with Gasteiger partial charge in [-0.05, 0) is 55.0 Å². The summed E-state index contributed by atoms with van der Waals surface area (Å²) in [6, 6.07) is 17.8. The number of carbonyl (C=O) groups is 1. The van der Waals surface area contributed by atoms with Crippen LogP contribution in [0.15, 0.2) is 71.3 Å². The normalized spacial score (nSPS) is 15.5. The van der Waals surface area contributed by atoms with Crippen LogP contribution in [0.2, 0.25) is 0 Å². The van der Waals surface area contributed by atoms with Crippen molar-refractivity contribution in [3.63, 3.8) is 0 Å². The SMILES string of the molecule is Cc1ccccc1NC(=O)NCC(c1ccco1)N1CCN(c2ccc(F)cc2)CC1. The Hall–Kier alpha value is -3.32. The molecule has 1 aliphatic rings. The van der Waals surface area contributed by atoms with Gasteiger partial charge in [-0.2, -0.15) is 0 Å². The predicted octanol–water partition coefficient (Wildman–Crippen LogP) is 4.41. The highest BCUT2D eigenvalue weighted by Gasteiger charge is 2.27. The maximum atomic E-state index is 13.2. The standard InChI is InChI=1S/C24H27FN4O2/c1-18-5-2-3-6-21(18)27-24(30)26-17-22(23-7-4-16-31-23)29-14-12-28(13-15-29)20-10-8-19(25)9-11-20/h2-11,16,22H,12-15,17H2,1H3,(H2,26,27,30). The first kappa shape index (κ1) is 20.9. The molecule has 2 N–H and O–H groups in total. The molecule has 0 bridgehead atoms. The average molecular weight is 423 g/mol. The molecule has 2 heterocycles. The molecular weight excluding hydrogens is 395 g/mol. The van der Waals surface area contributed by atoms with Crippen molar-refractivity contribution in [3.8, 4) is 0 Å². The molecule has 162 valence electrons. The van der Waals surface area contributed by atoms with Gasteiger partial charge in [0.2, 0.25) is 0 Å². The Morgan fingerprint density at radius 3 is 2.45 bits per heavy atom. The number of amides is 2. The minimum Gasteiger partial charge on any atom is -0.468 e. The van der Waals surface area contributed by atoms with Crippen molar-refractivity contribution in [2.24, 2.45) is 0 Å². The third-order valence-electron chi connectivity index (χ3n) is 5.67. The topological polar surface area (TPSA) is 60.8 Å². The van der Waals surface area contributed by atoms with Crippen LogP contribution in [-0.4, -0.2) is 43.7 Å². The Morgan fingerprint density at radius 1 is 1.03 bits per heavy atom. The predicted molar refractivity (Wildman–Crippen MR) is 120 cm³/mol. The van der Waals surface area contributed by atoms with E-state index in [4.69, 9.17) is 4.42 Å². The lowest BCUT2D eigenvalue weighted by atomic mass is 10.1. The van der Waals surface area contributed by atoms with E-state index in [1.165, 1.54) is 12.1 Å². The van der Waals surface area contributed by atoms with Crippen LogP contribution in [0, 0.1) is 12.7 Å². The van der Waals surface area contributed by atoms with E-state index in [1.807, 2.05) is 55.5 Å². The lowest BCUT2D eigenvalue weighted by molar-refractivity contribution is 0.162. The maximum Gasteiger partial charge on any atom is 0.319 e. The fraction of sp³-hybridized carbons (Fsp3) is 0.292. The molecule has 7 heteroatoms. The number of para-hydroxylation sites is 1. The number of piperazine rings is 1. The average Bonchev–Trinajstić information content (AvgIpc) is 3.31. The molecule has 6 nitrogen and oxygen atoms in total. The summed E-state index contributed by atoms with van der Waals surface area (Å²) in [6.07, 6.45) is 1.66. The van der Waals surface area contributed by atoms with Crippen LogP contribution in [-0.2, 0) is 0 Å². The summed E-state index contributed by atoms with van der Waals surface area (Å²) in [6.45, 7) is 5.65. The third-order valence-corrected chi connectivity index (χ3v) is 5.67. The Balaban J connectivity index is 1.37. The number of halogens is 1. The second-order valence-electron chi connectivity index (χ2n) is 7.68. The highest BCUT2D eigenvalue weighted by molar-refractivity contribution is 5.90. The number of benzene rings is 2. The Labute approximate surface area is 181 Å². The van der Waals surface area contributed by atoms with Gasteiger partial charge in [0.25, 0.3) is 0 Å². The molecule has 2 aromatic carbocycles. The van der Waals surface area contributed by atoms with Gasteiger partial charge in [0.05, 0.1) is 12.3 Å². The summed E-state index contributed by atoms with van der Waals surface area (Å²) >= 11 is 0. The summed E-state index contributed by atoms with van der Waals surface area (Å²) in [4.78, 5) is 17.0. The van der Waals surface area contributed by atoms with Gasteiger partial charge in [-0.3, -0.25) is 4.90 Å². The largest absolute Gasteiger partial charge is 0.468 e. The molecule has 0 aliphatic carbocycles. The molecule has 2 amide bonds. The lowest BCUT2D eigenvalue weighted by Crippen LogP contribution is -2.50. The van der Waals surface area contributed by atoms with Crippen molar-refractivity contribution < 1.29 is 13.6 Å².